The van der Waals surface area contributed by atoms with Gasteiger partial charge in [-0.3, -0.25) is 9.59 Å². The number of ketones is 1. The van der Waals surface area contributed by atoms with Crippen LogP contribution in [0.5, 0.6) is 5.75 Å². The van der Waals surface area contributed by atoms with Gasteiger partial charge in [0.1, 0.15) is 11.6 Å². The summed E-state index contributed by atoms with van der Waals surface area (Å²) in [4.78, 5) is 26.8. The van der Waals surface area contributed by atoms with Gasteiger partial charge in [0, 0.05) is 24.6 Å². The Morgan fingerprint density at radius 3 is 2.39 bits per heavy atom. The standard InChI is InChI=1S/C20H17F4NO3/c21-15-9-7-13(8-10-15)18(26)14-4-3-11-25(12-14)19(27)16-5-1-2-6-17(16)28-20(22,23)24/h1-2,5-10,14H,3-4,11-12H2/t14-/m0/s1. The number of carbonyl (C=O) groups excluding carboxylic acids is 2. The third kappa shape index (κ3) is 4.68. The normalized spacial score (nSPS) is 17.3. The highest BCUT2D eigenvalue weighted by Crippen LogP contribution is 2.29. The number of hydrogen-bond donors (Lipinski definition) is 0. The van der Waals surface area contributed by atoms with Crippen molar-refractivity contribution >= 4 is 11.7 Å². The molecule has 0 radical (unpaired) electrons. The van der Waals surface area contributed by atoms with Crippen molar-refractivity contribution in [2.45, 2.75) is 19.2 Å². The molecule has 1 fully saturated rings. The van der Waals surface area contributed by atoms with Crippen molar-refractivity contribution < 1.29 is 31.9 Å². The smallest absolute Gasteiger partial charge is 0.405 e. The number of nitrogens with zero attached hydrogens (tertiary/aromatic N) is 1. The van der Waals surface area contributed by atoms with E-state index in [1.807, 2.05) is 0 Å². The van der Waals surface area contributed by atoms with E-state index in [-0.39, 0.29) is 17.9 Å². The Morgan fingerprint density at radius 1 is 1.04 bits per heavy atom. The van der Waals surface area contributed by atoms with Crippen molar-refractivity contribution in [1.82, 2.24) is 4.90 Å². The molecule has 0 unspecified atom stereocenters. The third-order valence-corrected chi connectivity index (χ3v) is 4.55. The molecule has 2 aromatic rings. The summed E-state index contributed by atoms with van der Waals surface area (Å²) in [6.07, 6.45) is -3.84. The highest BCUT2D eigenvalue weighted by Gasteiger charge is 2.35. The first-order chi connectivity index (χ1) is 13.2. The molecule has 1 saturated heterocycles. The zero-order chi connectivity index (χ0) is 20.3. The van der Waals surface area contributed by atoms with Crippen LogP contribution in [0.25, 0.3) is 0 Å². The van der Waals surface area contributed by atoms with Gasteiger partial charge in [0.15, 0.2) is 5.78 Å². The van der Waals surface area contributed by atoms with E-state index in [1.54, 1.807) is 0 Å². The zero-order valence-electron chi connectivity index (χ0n) is 14.7. The van der Waals surface area contributed by atoms with Crippen molar-refractivity contribution in [3.8, 4) is 5.75 Å². The minimum absolute atomic E-state index is 0.0788. The Hall–Kier alpha value is -2.90. The SMILES string of the molecule is O=C(c1ccc(F)cc1)[C@H]1CCCN(C(=O)c2ccccc2OC(F)(F)F)C1. The quantitative estimate of drug-likeness (QED) is 0.567. The molecule has 1 atom stereocenters. The summed E-state index contributed by atoms with van der Waals surface area (Å²) in [6, 6.07) is 10.3. The van der Waals surface area contributed by atoms with Crippen molar-refractivity contribution in [3.05, 3.63) is 65.5 Å². The van der Waals surface area contributed by atoms with Gasteiger partial charge in [0.25, 0.3) is 5.91 Å². The Bertz CT molecular complexity index is 864. The number of halogens is 4. The number of piperidine rings is 1. The van der Waals surface area contributed by atoms with E-state index in [2.05, 4.69) is 4.74 Å². The van der Waals surface area contributed by atoms with Gasteiger partial charge in [-0.2, -0.15) is 0 Å². The molecule has 28 heavy (non-hydrogen) atoms. The molecule has 0 bridgehead atoms. The summed E-state index contributed by atoms with van der Waals surface area (Å²) in [5, 5.41) is 0. The minimum atomic E-state index is -4.92. The molecule has 148 valence electrons. The number of amides is 1. The molecule has 1 heterocycles. The maximum atomic E-state index is 13.0. The number of para-hydroxylation sites is 1. The van der Waals surface area contributed by atoms with E-state index in [9.17, 15) is 27.2 Å². The molecule has 1 amide bonds. The van der Waals surface area contributed by atoms with Gasteiger partial charge in [-0.1, -0.05) is 12.1 Å². The second-order valence-corrected chi connectivity index (χ2v) is 6.51. The van der Waals surface area contributed by atoms with Crippen LogP contribution in [0.1, 0.15) is 33.6 Å². The second-order valence-electron chi connectivity index (χ2n) is 6.51. The summed E-state index contributed by atoms with van der Waals surface area (Å²) in [6.45, 7) is 0.405. The average molecular weight is 395 g/mol. The molecular weight excluding hydrogens is 378 g/mol. The first-order valence-electron chi connectivity index (χ1n) is 8.68. The molecule has 1 aliphatic heterocycles. The summed E-state index contributed by atoms with van der Waals surface area (Å²) >= 11 is 0. The first-order valence-corrected chi connectivity index (χ1v) is 8.68. The van der Waals surface area contributed by atoms with Gasteiger partial charge in [-0.25, -0.2) is 4.39 Å². The van der Waals surface area contributed by atoms with Gasteiger partial charge < -0.3 is 9.64 Å². The number of rotatable bonds is 4. The number of hydrogen-bond acceptors (Lipinski definition) is 3. The highest BCUT2D eigenvalue weighted by molar-refractivity contribution is 6.00. The van der Waals surface area contributed by atoms with Crippen LogP contribution in [-0.2, 0) is 0 Å². The van der Waals surface area contributed by atoms with E-state index in [4.69, 9.17) is 0 Å². The van der Waals surface area contributed by atoms with Crippen LogP contribution in [0.3, 0.4) is 0 Å². The van der Waals surface area contributed by atoms with Crippen LogP contribution >= 0.6 is 0 Å². The van der Waals surface area contributed by atoms with Crippen LogP contribution in [-0.4, -0.2) is 36.0 Å². The largest absolute Gasteiger partial charge is 0.573 e. The Balaban J connectivity index is 1.76. The van der Waals surface area contributed by atoms with Crippen molar-refractivity contribution in [2.75, 3.05) is 13.1 Å². The van der Waals surface area contributed by atoms with E-state index >= 15 is 0 Å². The highest BCUT2D eigenvalue weighted by atomic mass is 19.4. The molecular formula is C20H17F4NO3. The lowest BCUT2D eigenvalue weighted by Gasteiger charge is -2.32. The fraction of sp³-hybridized carbons (Fsp3) is 0.300. The molecule has 4 nitrogen and oxygen atoms in total. The fourth-order valence-corrected chi connectivity index (χ4v) is 3.25. The van der Waals surface area contributed by atoms with Gasteiger partial charge in [-0.05, 0) is 49.2 Å². The van der Waals surface area contributed by atoms with Gasteiger partial charge in [-0.15, -0.1) is 13.2 Å². The molecule has 0 aromatic heterocycles. The molecule has 0 saturated carbocycles. The van der Waals surface area contributed by atoms with Crippen LogP contribution in [0.4, 0.5) is 17.6 Å². The molecule has 2 aromatic carbocycles. The van der Waals surface area contributed by atoms with Crippen LogP contribution in [0.2, 0.25) is 0 Å². The number of alkyl halides is 3. The van der Waals surface area contributed by atoms with Crippen molar-refractivity contribution in [1.29, 1.82) is 0 Å². The molecule has 3 rings (SSSR count). The predicted molar refractivity (Wildman–Crippen MR) is 92.5 cm³/mol. The maximum absolute atomic E-state index is 13.0. The van der Waals surface area contributed by atoms with Gasteiger partial charge in [0.2, 0.25) is 0 Å². The fourth-order valence-electron chi connectivity index (χ4n) is 3.25. The maximum Gasteiger partial charge on any atom is 0.573 e. The van der Waals surface area contributed by atoms with Crippen LogP contribution < -0.4 is 4.74 Å². The number of benzene rings is 2. The topological polar surface area (TPSA) is 46.6 Å². The lowest BCUT2D eigenvalue weighted by atomic mass is 9.89. The summed E-state index contributed by atoms with van der Waals surface area (Å²) in [5.74, 6) is -2.39. The first kappa shape index (κ1) is 19.9. The Kier molecular flexibility index (Phi) is 5.67. The van der Waals surface area contributed by atoms with Crippen molar-refractivity contribution in [3.63, 3.8) is 0 Å². The Labute approximate surface area is 158 Å². The summed E-state index contributed by atoms with van der Waals surface area (Å²) in [5.41, 5.74) is 0.121. The second kappa shape index (κ2) is 8.00. The van der Waals surface area contributed by atoms with E-state index in [0.717, 1.165) is 6.07 Å². The predicted octanol–water partition coefficient (Wildman–Crippen LogP) is 4.46. The summed E-state index contributed by atoms with van der Waals surface area (Å²) < 4.78 is 54.8. The van der Waals surface area contributed by atoms with E-state index < -0.39 is 29.8 Å². The van der Waals surface area contributed by atoms with Gasteiger partial charge in [0.05, 0.1) is 5.56 Å². The molecule has 0 aliphatic carbocycles. The minimum Gasteiger partial charge on any atom is -0.405 e. The average Bonchev–Trinajstić information content (AvgIpc) is 2.67. The number of ether oxygens (including phenoxy) is 1. The molecule has 0 N–H and O–H groups in total. The zero-order valence-corrected chi connectivity index (χ0v) is 14.7. The van der Waals surface area contributed by atoms with E-state index in [1.165, 1.54) is 47.4 Å². The number of Topliss-reactive ketones (excluding diaryl/α,β-unsaturated/α-hetero) is 1. The Morgan fingerprint density at radius 2 is 1.71 bits per heavy atom. The van der Waals surface area contributed by atoms with E-state index in [0.29, 0.717) is 24.9 Å². The lowest BCUT2D eigenvalue weighted by Crippen LogP contribution is -2.42. The number of carbonyl (C=O) groups is 2. The molecule has 1 aliphatic rings. The monoisotopic (exact) mass is 395 g/mol. The van der Waals surface area contributed by atoms with Crippen LogP contribution in [0, 0.1) is 11.7 Å². The van der Waals surface area contributed by atoms with Crippen LogP contribution in [0.15, 0.2) is 48.5 Å². The molecule has 0 spiro atoms. The summed E-state index contributed by atoms with van der Waals surface area (Å²) in [7, 11) is 0. The van der Waals surface area contributed by atoms with Crippen molar-refractivity contribution in [2.24, 2.45) is 5.92 Å². The van der Waals surface area contributed by atoms with Gasteiger partial charge >= 0.3 is 6.36 Å². The number of likely N-dealkylation sites (tertiary alicyclic amines) is 1. The lowest BCUT2D eigenvalue weighted by molar-refractivity contribution is -0.274. The molecule has 8 heteroatoms. The third-order valence-electron chi connectivity index (χ3n) is 4.55.